The lowest BCUT2D eigenvalue weighted by Gasteiger charge is -2.60. The Labute approximate surface area is 442 Å². The lowest BCUT2D eigenvalue weighted by molar-refractivity contribution is -0.384. The van der Waals surface area contributed by atoms with E-state index in [4.69, 9.17) is 24.2 Å². The van der Waals surface area contributed by atoms with Crippen molar-refractivity contribution in [2.24, 2.45) is 22.9 Å². The molecular weight excluding hydrogens is 965 g/mol. The zero-order valence-electron chi connectivity index (χ0n) is 41.9. The number of allylic oxidation sites excluding steroid dienone is 1. The van der Waals surface area contributed by atoms with Gasteiger partial charge in [-0.15, -0.1) is 18.3 Å². The second kappa shape index (κ2) is 24.8. The van der Waals surface area contributed by atoms with E-state index in [9.17, 15) is 25.6 Å². The van der Waals surface area contributed by atoms with Gasteiger partial charge in [0.1, 0.15) is 24.1 Å². The van der Waals surface area contributed by atoms with Gasteiger partial charge in [0.2, 0.25) is 5.79 Å². The predicted molar refractivity (Wildman–Crippen MR) is 290 cm³/mol. The maximum absolute atomic E-state index is 15.8. The van der Waals surface area contributed by atoms with Gasteiger partial charge in [0.25, 0.3) is 11.6 Å². The standard InChI is InChI=1S/C61H62N4O9S/c1-2-33-72-61-57(64(60(68)45-25-21-42(39-62)22-26-45)40-47-16-12-15-44-13-6-7-19-51(44)47)38-55(63-73-41-43-23-27-48(28-24-43)65(69)70)53-36-46(14-8-10-31-66)52(20-9-11-32-67)58(59(53)61)54-37-49(29-30-56(54)74-61)71-34-35-75-50-17-4-3-5-18-50/h2-7,12-13,15-19,21-30,36-37,46,52,57-59,66-67H,1,8-11,14,20,31-35,38,40-41H2/t46-,52+,57-,58+,59+,61+/m0/s1. The summed E-state index contributed by atoms with van der Waals surface area (Å²) in [7, 11) is 0. The summed E-state index contributed by atoms with van der Waals surface area (Å²) in [4.78, 5) is 36.1. The van der Waals surface area contributed by atoms with E-state index in [2.05, 4.69) is 43.0 Å². The van der Waals surface area contributed by atoms with Crippen LogP contribution in [0.4, 0.5) is 5.69 Å². The second-order valence-electron chi connectivity index (χ2n) is 19.2. The summed E-state index contributed by atoms with van der Waals surface area (Å²) in [5.41, 5.74) is 4.73. The number of hydrogen-bond acceptors (Lipinski definition) is 12. The van der Waals surface area contributed by atoms with E-state index in [0.717, 1.165) is 63.8 Å². The first kappa shape index (κ1) is 52.6. The summed E-state index contributed by atoms with van der Waals surface area (Å²) in [6.45, 7) is 4.91. The highest BCUT2D eigenvalue weighted by atomic mass is 32.2. The van der Waals surface area contributed by atoms with Gasteiger partial charge >= 0.3 is 0 Å². The molecule has 0 aromatic heterocycles. The molecule has 2 aliphatic carbocycles. The third-order valence-corrected chi connectivity index (χ3v) is 15.7. The number of carbonyl (C=O) groups excluding carboxylic acids is 1. The largest absolute Gasteiger partial charge is 0.493 e. The van der Waals surface area contributed by atoms with Crippen LogP contribution in [0, 0.1) is 39.2 Å². The number of nitro groups is 1. The first-order valence-corrected chi connectivity index (χ1v) is 26.8. The van der Waals surface area contributed by atoms with Crippen molar-refractivity contribution < 1.29 is 39.0 Å². The van der Waals surface area contributed by atoms with Crippen molar-refractivity contribution in [3.05, 3.63) is 202 Å². The summed E-state index contributed by atoms with van der Waals surface area (Å²) in [5.74, 6) is -0.767. The number of unbranched alkanes of at least 4 members (excludes halogenated alkanes) is 2. The molecule has 0 spiro atoms. The molecule has 0 unspecified atom stereocenters. The van der Waals surface area contributed by atoms with Gasteiger partial charge in [0.05, 0.1) is 41.4 Å². The molecule has 3 aliphatic rings. The average Bonchev–Trinajstić information content (AvgIpc) is 3.47. The van der Waals surface area contributed by atoms with Crippen LogP contribution >= 0.6 is 11.8 Å². The minimum absolute atomic E-state index is 0.00937. The zero-order valence-corrected chi connectivity index (χ0v) is 42.7. The summed E-state index contributed by atoms with van der Waals surface area (Å²) in [6, 6.07) is 44.5. The fourth-order valence-electron chi connectivity index (χ4n) is 11.3. The molecular formula is C61H62N4O9S. The molecule has 0 saturated heterocycles. The van der Waals surface area contributed by atoms with Crippen LogP contribution in [-0.2, 0) is 22.7 Å². The van der Waals surface area contributed by atoms with Crippen LogP contribution in [0.25, 0.3) is 10.8 Å². The van der Waals surface area contributed by atoms with Crippen LogP contribution in [0.1, 0.15) is 83.5 Å². The van der Waals surface area contributed by atoms with E-state index in [-0.39, 0.29) is 68.7 Å². The van der Waals surface area contributed by atoms with Gasteiger partial charge in [-0.05, 0) is 132 Å². The maximum Gasteiger partial charge on any atom is 0.269 e. The third-order valence-electron chi connectivity index (χ3n) is 14.7. The number of aliphatic hydroxyl groups excluding tert-OH is 2. The second-order valence-corrected chi connectivity index (χ2v) is 20.4. The number of hydrogen-bond donors (Lipinski definition) is 2. The summed E-state index contributed by atoms with van der Waals surface area (Å²) >= 11 is 1.72. The van der Waals surface area contributed by atoms with Crippen molar-refractivity contribution in [2.45, 2.75) is 80.7 Å². The van der Waals surface area contributed by atoms with Crippen LogP contribution in [0.5, 0.6) is 11.5 Å². The molecule has 1 heterocycles. The number of amides is 1. The number of carbonyl (C=O) groups is 1. The Balaban J connectivity index is 1.23. The SMILES string of the molecule is C=CCO[C@@]12Oc3ccc(OCCSc4ccccc4)cc3[C@H]3[C@H](CCCCO)[C@@H](CCCCO)C=C(C(=NOCc4ccc([N+](=O)[O-])cc4)C[C@@H]1N(Cc1cccc4ccccc14)C(=O)c1ccc(C#N)cc1)[C@H]32. The Bertz CT molecular complexity index is 3050. The molecule has 6 aromatic carbocycles. The van der Waals surface area contributed by atoms with E-state index in [0.29, 0.717) is 53.3 Å². The number of nitriles is 1. The lowest BCUT2D eigenvalue weighted by Crippen LogP contribution is -2.70. The fourth-order valence-corrected chi connectivity index (χ4v) is 12.0. The molecule has 1 saturated carbocycles. The Kier molecular flexibility index (Phi) is 17.4. The number of fused-ring (bicyclic) bond motifs is 3. The molecule has 386 valence electrons. The topological polar surface area (TPSA) is 177 Å². The molecule has 0 bridgehead atoms. The fraction of sp³-hybridized carbons (Fsp3) is 0.328. The minimum atomic E-state index is -1.55. The van der Waals surface area contributed by atoms with Crippen molar-refractivity contribution in [3.63, 3.8) is 0 Å². The van der Waals surface area contributed by atoms with Crippen LogP contribution in [-0.4, -0.2) is 75.7 Å². The number of nitrogens with zero attached hydrogens (tertiary/aromatic N) is 4. The highest BCUT2D eigenvalue weighted by Crippen LogP contribution is 2.62. The van der Waals surface area contributed by atoms with Crippen LogP contribution in [0.3, 0.4) is 0 Å². The normalized spacial score (nSPS) is 20.9. The quantitative estimate of drug-likeness (QED) is 0.0194. The molecule has 0 radical (unpaired) electrons. The van der Waals surface area contributed by atoms with Crippen molar-refractivity contribution >= 4 is 39.8 Å². The van der Waals surface area contributed by atoms with Gasteiger partial charge in [-0.25, -0.2) is 0 Å². The monoisotopic (exact) mass is 1030 g/mol. The van der Waals surface area contributed by atoms with Crippen LogP contribution < -0.4 is 9.47 Å². The smallest absolute Gasteiger partial charge is 0.269 e. The molecule has 75 heavy (non-hydrogen) atoms. The third kappa shape index (κ3) is 11.8. The number of non-ortho nitro benzene ring substituents is 1. The number of aliphatic hydroxyl groups is 2. The lowest BCUT2D eigenvalue weighted by atomic mass is 9.55. The van der Waals surface area contributed by atoms with Gasteiger partial charge in [0, 0.05) is 66.0 Å². The number of ether oxygens (including phenoxy) is 3. The van der Waals surface area contributed by atoms with Crippen molar-refractivity contribution in [1.82, 2.24) is 4.90 Å². The summed E-state index contributed by atoms with van der Waals surface area (Å²) < 4.78 is 21.4. The molecule has 14 heteroatoms. The number of benzene rings is 6. The van der Waals surface area contributed by atoms with E-state index >= 15 is 4.79 Å². The zero-order chi connectivity index (χ0) is 52.2. The van der Waals surface area contributed by atoms with E-state index in [1.807, 2.05) is 71.6 Å². The predicted octanol–water partition coefficient (Wildman–Crippen LogP) is 12.0. The van der Waals surface area contributed by atoms with E-state index in [1.54, 1.807) is 54.2 Å². The van der Waals surface area contributed by atoms with E-state index in [1.165, 1.54) is 12.1 Å². The minimum Gasteiger partial charge on any atom is -0.493 e. The number of oxime groups is 1. The average molecular weight is 1030 g/mol. The Morgan fingerprint density at radius 3 is 2.41 bits per heavy atom. The molecule has 13 nitrogen and oxygen atoms in total. The highest BCUT2D eigenvalue weighted by Gasteiger charge is 2.65. The Hall–Kier alpha value is -7.28. The van der Waals surface area contributed by atoms with Crippen LogP contribution in [0.2, 0.25) is 0 Å². The van der Waals surface area contributed by atoms with E-state index < -0.39 is 22.7 Å². The Morgan fingerprint density at radius 1 is 0.920 bits per heavy atom. The first-order valence-electron chi connectivity index (χ1n) is 25.8. The Morgan fingerprint density at radius 2 is 1.67 bits per heavy atom. The van der Waals surface area contributed by atoms with Crippen molar-refractivity contribution in [3.8, 4) is 17.6 Å². The molecule has 2 N–H and O–H groups in total. The first-order chi connectivity index (χ1) is 36.7. The molecule has 6 atom stereocenters. The van der Waals surface area contributed by atoms with Gasteiger partial charge in [-0.2, -0.15) is 5.26 Å². The van der Waals surface area contributed by atoms with Gasteiger partial charge in [0.15, 0.2) is 0 Å². The van der Waals surface area contributed by atoms with Gasteiger partial charge in [-0.3, -0.25) is 14.9 Å². The van der Waals surface area contributed by atoms with Crippen molar-refractivity contribution in [2.75, 3.05) is 32.2 Å². The molecule has 1 amide bonds. The number of thioether (sulfide) groups is 1. The number of nitro benzene ring substituents is 1. The number of rotatable bonds is 24. The van der Waals surface area contributed by atoms with Crippen LogP contribution in [0.15, 0.2) is 174 Å². The molecule has 6 aromatic rings. The summed E-state index contributed by atoms with van der Waals surface area (Å²) in [5, 5.41) is 48.5. The molecule has 1 fully saturated rings. The molecule has 9 rings (SSSR count). The maximum atomic E-state index is 15.8. The molecule has 1 aliphatic heterocycles. The van der Waals surface area contributed by atoms with Crippen molar-refractivity contribution in [1.29, 1.82) is 5.26 Å². The van der Waals surface area contributed by atoms with Gasteiger partial charge < -0.3 is 34.2 Å². The van der Waals surface area contributed by atoms with Gasteiger partial charge in [-0.1, -0.05) is 90.8 Å². The summed E-state index contributed by atoms with van der Waals surface area (Å²) in [6.07, 6.45) is 8.41. The highest BCUT2D eigenvalue weighted by molar-refractivity contribution is 7.99.